The zero-order valence-electron chi connectivity index (χ0n) is 9.87. The van der Waals surface area contributed by atoms with Crippen LogP contribution < -0.4 is 0 Å². The van der Waals surface area contributed by atoms with Gasteiger partial charge in [-0.15, -0.1) is 0 Å². The molecule has 0 amide bonds. The minimum atomic E-state index is -3.41. The average Bonchev–Trinajstić information content (AvgIpc) is 2.55. The molecule has 1 aliphatic heterocycles. The van der Waals surface area contributed by atoms with Crippen LogP contribution in [0, 0.1) is 12.8 Å². The Morgan fingerprint density at radius 2 is 2.28 bits per heavy atom. The SMILES string of the molecule is Cc1cc(CS(=O)(=O)N2CC(CC(=O)O)C2)no1. The molecular formula is C10H14N2O5S. The lowest BCUT2D eigenvalue weighted by molar-refractivity contribution is -0.139. The first-order valence-electron chi connectivity index (χ1n) is 5.48. The Hall–Kier alpha value is -1.41. The summed E-state index contributed by atoms with van der Waals surface area (Å²) >= 11 is 0. The van der Waals surface area contributed by atoms with E-state index >= 15 is 0 Å². The van der Waals surface area contributed by atoms with Crippen molar-refractivity contribution in [2.24, 2.45) is 5.92 Å². The van der Waals surface area contributed by atoms with E-state index in [4.69, 9.17) is 9.63 Å². The van der Waals surface area contributed by atoms with E-state index in [9.17, 15) is 13.2 Å². The first kappa shape index (κ1) is 13.0. The van der Waals surface area contributed by atoms with E-state index in [1.807, 2.05) is 0 Å². The number of aryl methyl sites for hydroxylation is 1. The number of aromatic nitrogens is 1. The minimum absolute atomic E-state index is 0.00902. The van der Waals surface area contributed by atoms with E-state index in [1.54, 1.807) is 13.0 Å². The monoisotopic (exact) mass is 274 g/mol. The zero-order valence-corrected chi connectivity index (χ0v) is 10.7. The second kappa shape index (κ2) is 4.69. The normalized spacial score (nSPS) is 17.6. The van der Waals surface area contributed by atoms with Crippen molar-refractivity contribution in [1.82, 2.24) is 9.46 Å². The predicted molar refractivity (Wildman–Crippen MR) is 61.2 cm³/mol. The standard InChI is InChI=1S/C10H14N2O5S/c1-7-2-9(11-17-7)6-18(15,16)12-4-8(5-12)3-10(13)14/h2,8H,3-6H2,1H3,(H,13,14). The molecule has 0 bridgehead atoms. The number of rotatable bonds is 5. The molecule has 0 aliphatic carbocycles. The second-order valence-electron chi connectivity index (χ2n) is 4.47. The summed E-state index contributed by atoms with van der Waals surface area (Å²) in [6, 6.07) is 1.58. The fourth-order valence-corrected chi connectivity index (χ4v) is 3.46. The van der Waals surface area contributed by atoms with Crippen LogP contribution in [0.25, 0.3) is 0 Å². The first-order valence-corrected chi connectivity index (χ1v) is 7.09. The van der Waals surface area contributed by atoms with Crippen molar-refractivity contribution in [3.63, 3.8) is 0 Å². The van der Waals surface area contributed by atoms with Gasteiger partial charge in [0.25, 0.3) is 0 Å². The van der Waals surface area contributed by atoms with Gasteiger partial charge in [0, 0.05) is 19.2 Å². The molecule has 2 rings (SSSR count). The number of carbonyl (C=O) groups is 1. The molecule has 0 spiro atoms. The predicted octanol–water partition coefficient (Wildman–Crippen LogP) is 0.219. The fourth-order valence-electron chi connectivity index (χ4n) is 1.89. The van der Waals surface area contributed by atoms with Gasteiger partial charge in [-0.1, -0.05) is 5.16 Å². The Morgan fingerprint density at radius 1 is 1.61 bits per heavy atom. The van der Waals surface area contributed by atoms with Gasteiger partial charge >= 0.3 is 5.97 Å². The summed E-state index contributed by atoms with van der Waals surface area (Å²) in [6.45, 7) is 2.23. The van der Waals surface area contributed by atoms with Gasteiger partial charge in [0.05, 0.1) is 6.42 Å². The summed E-state index contributed by atoms with van der Waals surface area (Å²) in [5, 5.41) is 12.2. The largest absolute Gasteiger partial charge is 0.481 e. The van der Waals surface area contributed by atoms with Crippen molar-refractivity contribution in [1.29, 1.82) is 0 Å². The van der Waals surface area contributed by atoms with Gasteiger partial charge < -0.3 is 9.63 Å². The lowest BCUT2D eigenvalue weighted by atomic mass is 10.00. The lowest BCUT2D eigenvalue weighted by Crippen LogP contribution is -2.50. The van der Waals surface area contributed by atoms with Crippen molar-refractivity contribution < 1.29 is 22.8 Å². The Bertz CT molecular complexity index is 544. The van der Waals surface area contributed by atoms with E-state index in [-0.39, 0.29) is 31.2 Å². The number of hydrogen-bond acceptors (Lipinski definition) is 5. The van der Waals surface area contributed by atoms with Gasteiger partial charge in [0.15, 0.2) is 0 Å². The first-order chi connectivity index (χ1) is 8.37. The third kappa shape index (κ3) is 2.88. The molecule has 1 saturated heterocycles. The second-order valence-corrected chi connectivity index (χ2v) is 6.43. The van der Waals surface area contributed by atoms with Gasteiger partial charge in [-0.3, -0.25) is 4.79 Å². The molecule has 1 fully saturated rings. The van der Waals surface area contributed by atoms with E-state index in [0.717, 1.165) is 0 Å². The number of sulfonamides is 1. The molecule has 0 unspecified atom stereocenters. The van der Waals surface area contributed by atoms with Crippen LogP contribution in [0.2, 0.25) is 0 Å². The molecular weight excluding hydrogens is 260 g/mol. The van der Waals surface area contributed by atoms with Crippen LogP contribution in [0.3, 0.4) is 0 Å². The van der Waals surface area contributed by atoms with Crippen LogP contribution in [0.5, 0.6) is 0 Å². The summed E-state index contributed by atoms with van der Waals surface area (Å²) in [5.74, 6) is -0.627. The molecule has 0 aromatic carbocycles. The number of nitrogens with zero attached hydrogens (tertiary/aromatic N) is 2. The zero-order chi connectivity index (χ0) is 13.3. The number of carboxylic acid groups (broad SMARTS) is 1. The molecule has 0 radical (unpaired) electrons. The topological polar surface area (TPSA) is 101 Å². The fraction of sp³-hybridized carbons (Fsp3) is 0.600. The minimum Gasteiger partial charge on any atom is -0.481 e. The Kier molecular flexibility index (Phi) is 3.40. The van der Waals surface area contributed by atoms with E-state index in [2.05, 4.69) is 5.16 Å². The van der Waals surface area contributed by atoms with Crippen LogP contribution in [-0.2, 0) is 20.6 Å². The molecule has 1 N–H and O–H groups in total. The number of aliphatic carboxylic acids is 1. The highest BCUT2D eigenvalue weighted by Crippen LogP contribution is 2.24. The van der Waals surface area contributed by atoms with Crippen LogP contribution in [0.15, 0.2) is 10.6 Å². The van der Waals surface area contributed by atoms with Crippen molar-refractivity contribution in [3.05, 3.63) is 17.5 Å². The van der Waals surface area contributed by atoms with Crippen LogP contribution in [-0.4, -0.2) is 42.0 Å². The van der Waals surface area contributed by atoms with Crippen LogP contribution in [0.1, 0.15) is 17.9 Å². The van der Waals surface area contributed by atoms with Gasteiger partial charge in [-0.2, -0.15) is 0 Å². The smallest absolute Gasteiger partial charge is 0.303 e. The van der Waals surface area contributed by atoms with Gasteiger partial charge in [-0.05, 0) is 12.8 Å². The van der Waals surface area contributed by atoms with E-state index in [0.29, 0.717) is 11.5 Å². The molecule has 1 aromatic heterocycles. The number of carboxylic acids is 1. The summed E-state index contributed by atoms with van der Waals surface area (Å²) in [5.41, 5.74) is 0.370. The number of hydrogen-bond donors (Lipinski definition) is 1. The van der Waals surface area contributed by atoms with Gasteiger partial charge in [0.1, 0.15) is 17.2 Å². The maximum Gasteiger partial charge on any atom is 0.303 e. The Labute approximate surface area is 104 Å². The van der Waals surface area contributed by atoms with Crippen LogP contribution in [0.4, 0.5) is 0 Å². The molecule has 0 atom stereocenters. The summed E-state index contributed by atoms with van der Waals surface area (Å²) in [6.07, 6.45) is 0.00902. The molecule has 7 nitrogen and oxygen atoms in total. The van der Waals surface area contributed by atoms with Crippen molar-refractivity contribution in [2.45, 2.75) is 19.1 Å². The maximum absolute atomic E-state index is 11.9. The molecule has 18 heavy (non-hydrogen) atoms. The van der Waals surface area contributed by atoms with E-state index in [1.165, 1.54) is 4.31 Å². The molecule has 0 saturated carbocycles. The highest BCUT2D eigenvalue weighted by atomic mass is 32.2. The molecule has 2 heterocycles. The van der Waals surface area contributed by atoms with E-state index < -0.39 is 16.0 Å². The van der Waals surface area contributed by atoms with Gasteiger partial charge in [-0.25, -0.2) is 12.7 Å². The third-order valence-electron chi connectivity index (χ3n) is 2.79. The quantitative estimate of drug-likeness (QED) is 0.824. The highest BCUT2D eigenvalue weighted by Gasteiger charge is 2.37. The molecule has 1 aliphatic rings. The van der Waals surface area contributed by atoms with Gasteiger partial charge in [0.2, 0.25) is 10.0 Å². The lowest BCUT2D eigenvalue weighted by Gasteiger charge is -2.37. The van der Waals surface area contributed by atoms with Crippen molar-refractivity contribution in [3.8, 4) is 0 Å². The maximum atomic E-state index is 11.9. The molecule has 8 heteroatoms. The van der Waals surface area contributed by atoms with Crippen LogP contribution >= 0.6 is 0 Å². The summed E-state index contributed by atoms with van der Waals surface area (Å²) < 4.78 is 29.9. The summed E-state index contributed by atoms with van der Waals surface area (Å²) in [4.78, 5) is 10.5. The average molecular weight is 274 g/mol. The van der Waals surface area contributed by atoms with Crippen molar-refractivity contribution in [2.75, 3.05) is 13.1 Å². The third-order valence-corrected chi connectivity index (χ3v) is 4.53. The molecule has 1 aromatic rings. The molecule has 100 valence electrons. The Balaban J connectivity index is 1.91. The Morgan fingerprint density at radius 3 is 2.78 bits per heavy atom. The highest BCUT2D eigenvalue weighted by molar-refractivity contribution is 7.88. The summed E-state index contributed by atoms with van der Waals surface area (Å²) in [7, 11) is -3.41. The van der Waals surface area contributed by atoms with Crippen molar-refractivity contribution >= 4 is 16.0 Å².